The summed E-state index contributed by atoms with van der Waals surface area (Å²) in [5.74, 6) is -0.920. The molecule has 0 bridgehead atoms. The minimum absolute atomic E-state index is 0.138. The normalized spacial score (nSPS) is 15.6. The van der Waals surface area contributed by atoms with E-state index in [-0.39, 0.29) is 17.6 Å². The van der Waals surface area contributed by atoms with Crippen molar-refractivity contribution in [2.75, 3.05) is 17.7 Å². The fourth-order valence-electron chi connectivity index (χ4n) is 2.66. The summed E-state index contributed by atoms with van der Waals surface area (Å²) in [6.07, 6.45) is 1.09. The molecule has 0 aliphatic carbocycles. The largest absolute Gasteiger partial charge is 0.368 e. The second kappa shape index (κ2) is 10.3. The number of anilines is 1. The van der Waals surface area contributed by atoms with Crippen LogP contribution in [0.25, 0.3) is 0 Å². The lowest BCUT2D eigenvalue weighted by molar-refractivity contribution is -0.124. The van der Waals surface area contributed by atoms with E-state index in [9.17, 15) is 14.4 Å². The van der Waals surface area contributed by atoms with Gasteiger partial charge in [-0.2, -0.15) is 0 Å². The molecule has 29 heavy (non-hydrogen) atoms. The van der Waals surface area contributed by atoms with Gasteiger partial charge in [-0.25, -0.2) is 0 Å². The molecule has 1 heterocycles. The number of carbonyl (C=O) groups excluding carboxylic acids is 3. The molecule has 1 atom stereocenters. The maximum atomic E-state index is 12.3. The molecule has 0 unspecified atom stereocenters. The van der Waals surface area contributed by atoms with Gasteiger partial charge in [0.15, 0.2) is 0 Å². The highest BCUT2D eigenvalue weighted by Gasteiger charge is 2.23. The first kappa shape index (κ1) is 21.2. The number of carbonyl (C=O) groups is 3. The molecule has 0 radical (unpaired) electrons. The predicted molar refractivity (Wildman–Crippen MR) is 112 cm³/mol. The number of ether oxygens (including phenoxy) is 1. The first-order chi connectivity index (χ1) is 14.0. The molecule has 3 amide bonds. The van der Waals surface area contributed by atoms with Crippen molar-refractivity contribution in [1.29, 1.82) is 0 Å². The van der Waals surface area contributed by atoms with Crippen LogP contribution in [0.2, 0.25) is 5.02 Å². The van der Waals surface area contributed by atoms with Crippen molar-refractivity contribution in [2.45, 2.75) is 23.8 Å². The van der Waals surface area contributed by atoms with Crippen molar-refractivity contribution in [2.24, 2.45) is 0 Å². The van der Waals surface area contributed by atoms with Gasteiger partial charge in [0.05, 0.1) is 5.75 Å². The molecular formula is C20H20ClN3O4S. The highest BCUT2D eigenvalue weighted by Crippen LogP contribution is 2.20. The van der Waals surface area contributed by atoms with Crippen LogP contribution in [0.5, 0.6) is 0 Å². The van der Waals surface area contributed by atoms with Gasteiger partial charge in [-0.05, 0) is 55.3 Å². The SMILES string of the molecule is O=C(CSc1ccc(Cl)cc1)NNC(=O)c1cccc(NC(=O)[C@H]2CCCO2)c1. The second-order valence-corrected chi connectivity index (χ2v) is 7.80. The highest BCUT2D eigenvalue weighted by atomic mass is 35.5. The molecule has 1 fully saturated rings. The molecule has 3 N–H and O–H groups in total. The predicted octanol–water partition coefficient (Wildman–Crippen LogP) is 3.01. The standard InChI is InChI=1S/C20H20ClN3O4S/c21-14-6-8-16(9-7-14)29-12-18(25)23-24-19(26)13-3-1-4-15(11-13)22-20(27)17-5-2-10-28-17/h1,3-4,6-9,11,17H,2,5,10,12H2,(H,22,27)(H,23,25)(H,24,26)/t17-/m1/s1. The van der Waals surface area contributed by atoms with E-state index in [0.717, 1.165) is 11.3 Å². The lowest BCUT2D eigenvalue weighted by atomic mass is 10.1. The molecule has 0 spiro atoms. The van der Waals surface area contributed by atoms with E-state index >= 15 is 0 Å². The number of rotatable bonds is 6. The van der Waals surface area contributed by atoms with Gasteiger partial charge in [-0.3, -0.25) is 25.2 Å². The van der Waals surface area contributed by atoms with Gasteiger partial charge in [-0.15, -0.1) is 11.8 Å². The van der Waals surface area contributed by atoms with E-state index in [0.29, 0.717) is 29.3 Å². The molecule has 2 aromatic rings. The van der Waals surface area contributed by atoms with Gasteiger partial charge in [-0.1, -0.05) is 17.7 Å². The summed E-state index contributed by atoms with van der Waals surface area (Å²) in [5.41, 5.74) is 5.54. The topological polar surface area (TPSA) is 96.5 Å². The van der Waals surface area contributed by atoms with E-state index < -0.39 is 12.0 Å². The highest BCUT2D eigenvalue weighted by molar-refractivity contribution is 8.00. The van der Waals surface area contributed by atoms with E-state index in [1.54, 1.807) is 30.3 Å². The van der Waals surface area contributed by atoms with Crippen molar-refractivity contribution >= 4 is 46.8 Å². The van der Waals surface area contributed by atoms with Crippen molar-refractivity contribution in [3.63, 3.8) is 0 Å². The third kappa shape index (κ3) is 6.49. The third-order valence-corrected chi connectivity index (χ3v) is 5.38. The summed E-state index contributed by atoms with van der Waals surface area (Å²) in [4.78, 5) is 37.2. The molecule has 0 aromatic heterocycles. The summed E-state index contributed by atoms with van der Waals surface area (Å²) in [7, 11) is 0. The van der Waals surface area contributed by atoms with Crippen molar-refractivity contribution in [1.82, 2.24) is 10.9 Å². The molecule has 7 nitrogen and oxygen atoms in total. The van der Waals surface area contributed by atoms with E-state index in [1.165, 1.54) is 17.8 Å². The molecule has 0 saturated carbocycles. The van der Waals surface area contributed by atoms with Crippen LogP contribution in [0.1, 0.15) is 23.2 Å². The van der Waals surface area contributed by atoms with Crippen LogP contribution in [0.4, 0.5) is 5.69 Å². The zero-order chi connectivity index (χ0) is 20.6. The molecule has 1 saturated heterocycles. The monoisotopic (exact) mass is 433 g/mol. The number of thioether (sulfide) groups is 1. The van der Waals surface area contributed by atoms with Crippen LogP contribution in [0, 0.1) is 0 Å². The van der Waals surface area contributed by atoms with Crippen molar-refractivity contribution in [3.05, 3.63) is 59.1 Å². The van der Waals surface area contributed by atoms with Gasteiger partial charge < -0.3 is 10.1 Å². The number of hydrazine groups is 1. The summed E-state index contributed by atoms with van der Waals surface area (Å²) in [5, 5.41) is 3.37. The van der Waals surface area contributed by atoms with Crippen LogP contribution < -0.4 is 16.2 Å². The van der Waals surface area contributed by atoms with Crippen molar-refractivity contribution < 1.29 is 19.1 Å². The molecular weight excluding hydrogens is 414 g/mol. The van der Waals surface area contributed by atoms with Crippen LogP contribution in [0.3, 0.4) is 0 Å². The fourth-order valence-corrected chi connectivity index (χ4v) is 3.48. The Kier molecular flexibility index (Phi) is 7.51. The van der Waals surface area contributed by atoms with Crippen LogP contribution in [0.15, 0.2) is 53.4 Å². The summed E-state index contributed by atoms with van der Waals surface area (Å²) in [6, 6.07) is 13.6. The van der Waals surface area contributed by atoms with Crippen LogP contribution in [-0.4, -0.2) is 36.2 Å². The number of hydrogen-bond donors (Lipinski definition) is 3. The molecule has 2 aromatic carbocycles. The maximum absolute atomic E-state index is 12.3. The molecule has 1 aliphatic rings. The number of hydrogen-bond acceptors (Lipinski definition) is 5. The third-order valence-electron chi connectivity index (χ3n) is 4.11. The summed E-state index contributed by atoms with van der Waals surface area (Å²) in [6.45, 7) is 0.580. The fraction of sp³-hybridized carbons (Fsp3) is 0.250. The number of nitrogens with one attached hydrogen (secondary N) is 3. The van der Waals surface area contributed by atoms with Gasteiger partial charge in [0.2, 0.25) is 5.91 Å². The minimum Gasteiger partial charge on any atom is -0.368 e. The Hall–Kier alpha value is -2.55. The van der Waals surface area contributed by atoms with E-state index in [4.69, 9.17) is 16.3 Å². The Morgan fingerprint density at radius 3 is 2.62 bits per heavy atom. The Bertz CT molecular complexity index is 886. The van der Waals surface area contributed by atoms with Gasteiger partial charge in [0.1, 0.15) is 6.10 Å². The first-order valence-corrected chi connectivity index (χ1v) is 10.4. The minimum atomic E-state index is -0.483. The number of benzene rings is 2. The number of halogens is 1. The quantitative estimate of drug-likeness (QED) is 0.480. The maximum Gasteiger partial charge on any atom is 0.269 e. The summed E-state index contributed by atoms with van der Waals surface area (Å²) >= 11 is 7.15. The van der Waals surface area contributed by atoms with E-state index in [2.05, 4.69) is 16.2 Å². The lowest BCUT2D eigenvalue weighted by Gasteiger charge is -2.12. The lowest BCUT2D eigenvalue weighted by Crippen LogP contribution is -2.42. The molecule has 9 heteroatoms. The van der Waals surface area contributed by atoms with Gasteiger partial charge in [0.25, 0.3) is 11.8 Å². The van der Waals surface area contributed by atoms with E-state index in [1.807, 2.05) is 12.1 Å². The smallest absolute Gasteiger partial charge is 0.269 e. The van der Waals surface area contributed by atoms with Crippen LogP contribution >= 0.6 is 23.4 Å². The zero-order valence-electron chi connectivity index (χ0n) is 15.4. The molecule has 1 aliphatic heterocycles. The van der Waals surface area contributed by atoms with Crippen molar-refractivity contribution in [3.8, 4) is 0 Å². The second-order valence-electron chi connectivity index (χ2n) is 6.32. The Morgan fingerprint density at radius 1 is 1.10 bits per heavy atom. The van der Waals surface area contributed by atoms with Gasteiger partial charge in [0, 0.05) is 27.8 Å². The first-order valence-electron chi connectivity index (χ1n) is 9.01. The Labute approximate surface area is 177 Å². The van der Waals surface area contributed by atoms with Gasteiger partial charge >= 0.3 is 0 Å². The van der Waals surface area contributed by atoms with Crippen LogP contribution in [-0.2, 0) is 14.3 Å². The molecule has 3 rings (SSSR count). The number of amides is 3. The Balaban J connectivity index is 1.46. The average molecular weight is 434 g/mol. The summed E-state index contributed by atoms with van der Waals surface area (Å²) < 4.78 is 5.34. The average Bonchev–Trinajstić information content (AvgIpc) is 3.27. The Morgan fingerprint density at radius 2 is 1.90 bits per heavy atom. The molecule has 152 valence electrons. The zero-order valence-corrected chi connectivity index (χ0v) is 17.0.